The largest absolute Gasteiger partial charge is 0.505 e. The highest BCUT2D eigenvalue weighted by atomic mass is 19.1. The minimum Gasteiger partial charge on any atom is -0.505 e. The average molecular weight is 248 g/mol. The van der Waals surface area contributed by atoms with Crippen molar-refractivity contribution in [1.82, 2.24) is 0 Å². The van der Waals surface area contributed by atoms with Gasteiger partial charge in [0.15, 0.2) is 11.6 Å². The Hall–Kier alpha value is -1.05. The molecule has 0 spiro atoms. The van der Waals surface area contributed by atoms with Gasteiger partial charge < -0.3 is 5.11 Å². The van der Waals surface area contributed by atoms with Crippen LogP contribution in [0.2, 0.25) is 0 Å². The number of rotatable bonds is 4. The summed E-state index contributed by atoms with van der Waals surface area (Å²) in [7, 11) is 0. The second-order valence-corrected chi connectivity index (χ2v) is 6.02. The predicted molar refractivity (Wildman–Crippen MR) is 69.9 cm³/mol. The van der Waals surface area contributed by atoms with Crippen molar-refractivity contribution in [2.24, 2.45) is 17.8 Å². The Morgan fingerprint density at radius 3 is 2.39 bits per heavy atom. The molecule has 0 heterocycles. The van der Waals surface area contributed by atoms with Crippen molar-refractivity contribution in [3.05, 3.63) is 29.6 Å². The fourth-order valence-corrected chi connectivity index (χ4v) is 4.11. The van der Waals surface area contributed by atoms with Gasteiger partial charge in [-0.25, -0.2) is 4.39 Å². The average Bonchev–Trinajstić information content (AvgIpc) is 2.93. The van der Waals surface area contributed by atoms with Crippen molar-refractivity contribution < 1.29 is 9.50 Å². The van der Waals surface area contributed by atoms with E-state index >= 15 is 0 Å². The minimum atomic E-state index is -0.521. The molecule has 2 heteroatoms. The molecule has 0 aliphatic heterocycles. The molecule has 1 nitrogen and oxygen atoms in total. The SMILES string of the molecule is Oc1cc(CCCC2C3CCC2CC3)ccc1F. The Morgan fingerprint density at radius 1 is 1.11 bits per heavy atom. The molecule has 2 aliphatic rings. The highest BCUT2D eigenvalue weighted by molar-refractivity contribution is 5.28. The number of fused-ring (bicyclic) bond motifs is 2. The zero-order valence-corrected chi connectivity index (χ0v) is 10.7. The highest BCUT2D eigenvalue weighted by Crippen LogP contribution is 2.51. The summed E-state index contributed by atoms with van der Waals surface area (Å²) in [5.41, 5.74) is 1.05. The summed E-state index contributed by atoms with van der Waals surface area (Å²) in [6.07, 6.45) is 9.25. The highest BCUT2D eigenvalue weighted by Gasteiger charge is 2.40. The van der Waals surface area contributed by atoms with E-state index in [0.717, 1.165) is 29.7 Å². The molecule has 1 aromatic rings. The van der Waals surface area contributed by atoms with Crippen LogP contribution in [-0.2, 0) is 6.42 Å². The maximum atomic E-state index is 12.9. The van der Waals surface area contributed by atoms with Crippen LogP contribution in [0.1, 0.15) is 44.1 Å². The van der Waals surface area contributed by atoms with Gasteiger partial charge in [0.25, 0.3) is 0 Å². The number of hydrogen-bond acceptors (Lipinski definition) is 1. The molecule has 1 aromatic carbocycles. The molecule has 0 aromatic heterocycles. The quantitative estimate of drug-likeness (QED) is 0.842. The van der Waals surface area contributed by atoms with Crippen molar-refractivity contribution >= 4 is 0 Å². The van der Waals surface area contributed by atoms with Crippen LogP contribution in [0.5, 0.6) is 5.75 Å². The van der Waals surface area contributed by atoms with Crippen LogP contribution in [-0.4, -0.2) is 5.11 Å². The molecule has 18 heavy (non-hydrogen) atoms. The van der Waals surface area contributed by atoms with Crippen LogP contribution in [0.4, 0.5) is 4.39 Å². The molecule has 0 radical (unpaired) electrons. The number of halogens is 1. The first-order chi connectivity index (χ1) is 8.74. The third kappa shape index (κ3) is 2.25. The van der Waals surface area contributed by atoms with E-state index in [2.05, 4.69) is 0 Å². The molecule has 0 saturated heterocycles. The summed E-state index contributed by atoms with van der Waals surface area (Å²) in [5.74, 6) is 2.22. The summed E-state index contributed by atoms with van der Waals surface area (Å²) < 4.78 is 12.9. The second-order valence-electron chi connectivity index (χ2n) is 6.02. The van der Waals surface area contributed by atoms with Crippen molar-refractivity contribution in [3.8, 4) is 5.75 Å². The molecule has 2 aliphatic carbocycles. The molecule has 1 N–H and O–H groups in total. The van der Waals surface area contributed by atoms with Gasteiger partial charge in [-0.3, -0.25) is 0 Å². The molecule has 0 atom stereocenters. The number of phenols is 1. The van der Waals surface area contributed by atoms with Crippen LogP contribution < -0.4 is 0 Å². The number of aryl methyl sites for hydroxylation is 1. The molecule has 2 saturated carbocycles. The lowest BCUT2D eigenvalue weighted by atomic mass is 9.91. The topological polar surface area (TPSA) is 20.2 Å². The van der Waals surface area contributed by atoms with Crippen LogP contribution in [0.25, 0.3) is 0 Å². The molecular weight excluding hydrogens is 227 g/mol. The standard InChI is InChI=1S/C16H21FO/c17-15-9-4-11(10-16(15)18)2-1-3-14-12-5-6-13(14)8-7-12/h4,9-10,12-14,18H,1-3,5-8H2. The van der Waals surface area contributed by atoms with Gasteiger partial charge in [-0.2, -0.15) is 0 Å². The van der Waals surface area contributed by atoms with Crippen molar-refractivity contribution in [2.75, 3.05) is 0 Å². The monoisotopic (exact) mass is 248 g/mol. The zero-order valence-electron chi connectivity index (χ0n) is 10.7. The van der Waals surface area contributed by atoms with E-state index in [9.17, 15) is 9.50 Å². The molecule has 2 fully saturated rings. The van der Waals surface area contributed by atoms with Gasteiger partial charge in [-0.15, -0.1) is 0 Å². The lowest BCUT2D eigenvalue weighted by Crippen LogP contribution is -2.06. The van der Waals surface area contributed by atoms with Gasteiger partial charge >= 0.3 is 0 Å². The Balaban J connectivity index is 1.51. The predicted octanol–water partition coefficient (Wildman–Crippen LogP) is 4.29. The van der Waals surface area contributed by atoms with E-state index < -0.39 is 5.82 Å². The molecule has 98 valence electrons. The zero-order chi connectivity index (χ0) is 12.5. The first-order valence-electron chi connectivity index (χ1n) is 7.21. The van der Waals surface area contributed by atoms with Gasteiger partial charge in [0.2, 0.25) is 0 Å². The Morgan fingerprint density at radius 2 is 1.78 bits per heavy atom. The fourth-order valence-electron chi connectivity index (χ4n) is 4.11. The van der Waals surface area contributed by atoms with E-state index in [-0.39, 0.29) is 5.75 Å². The van der Waals surface area contributed by atoms with E-state index in [1.54, 1.807) is 12.1 Å². The third-order valence-corrected chi connectivity index (χ3v) is 5.04. The number of hydrogen-bond donors (Lipinski definition) is 1. The lowest BCUT2D eigenvalue weighted by Gasteiger charge is -2.15. The summed E-state index contributed by atoms with van der Waals surface area (Å²) in [4.78, 5) is 0. The Labute approximate surface area is 108 Å². The van der Waals surface area contributed by atoms with E-state index in [4.69, 9.17) is 0 Å². The van der Waals surface area contributed by atoms with E-state index in [0.29, 0.717) is 0 Å². The van der Waals surface area contributed by atoms with Gasteiger partial charge in [0, 0.05) is 0 Å². The number of benzene rings is 1. The first-order valence-corrected chi connectivity index (χ1v) is 7.21. The molecule has 2 bridgehead atoms. The molecule has 0 unspecified atom stereocenters. The summed E-state index contributed by atoms with van der Waals surface area (Å²) in [6, 6.07) is 4.72. The fraction of sp³-hybridized carbons (Fsp3) is 0.625. The molecule has 3 rings (SSSR count). The van der Waals surface area contributed by atoms with E-state index in [1.807, 2.05) is 0 Å². The Kier molecular flexibility index (Phi) is 3.27. The van der Waals surface area contributed by atoms with Gasteiger partial charge in [-0.05, 0) is 80.4 Å². The maximum absolute atomic E-state index is 12.9. The van der Waals surface area contributed by atoms with Crippen LogP contribution in [0, 0.1) is 23.6 Å². The van der Waals surface area contributed by atoms with Crippen molar-refractivity contribution in [3.63, 3.8) is 0 Å². The van der Waals surface area contributed by atoms with Crippen molar-refractivity contribution in [2.45, 2.75) is 44.9 Å². The molecule has 0 amide bonds. The third-order valence-electron chi connectivity index (χ3n) is 5.04. The lowest BCUT2D eigenvalue weighted by molar-refractivity contribution is 0.367. The van der Waals surface area contributed by atoms with E-state index in [1.165, 1.54) is 44.6 Å². The Bertz CT molecular complexity index is 409. The summed E-state index contributed by atoms with van der Waals surface area (Å²) >= 11 is 0. The normalized spacial score (nSPS) is 29.9. The van der Waals surface area contributed by atoms with Crippen molar-refractivity contribution in [1.29, 1.82) is 0 Å². The molecular formula is C16H21FO. The van der Waals surface area contributed by atoms with Gasteiger partial charge in [0.1, 0.15) is 0 Å². The maximum Gasteiger partial charge on any atom is 0.164 e. The number of aromatic hydroxyl groups is 1. The minimum absolute atomic E-state index is 0.214. The van der Waals surface area contributed by atoms with Crippen LogP contribution in [0.3, 0.4) is 0 Å². The van der Waals surface area contributed by atoms with Gasteiger partial charge in [0.05, 0.1) is 0 Å². The van der Waals surface area contributed by atoms with Crippen LogP contribution >= 0.6 is 0 Å². The summed E-state index contributed by atoms with van der Waals surface area (Å²) in [5, 5.41) is 9.33. The first kappa shape index (κ1) is 12.0. The van der Waals surface area contributed by atoms with Gasteiger partial charge in [-0.1, -0.05) is 6.07 Å². The summed E-state index contributed by atoms with van der Waals surface area (Å²) in [6.45, 7) is 0. The smallest absolute Gasteiger partial charge is 0.164 e. The number of phenolic OH excluding ortho intramolecular Hbond substituents is 1. The second kappa shape index (κ2) is 4.91. The van der Waals surface area contributed by atoms with Crippen LogP contribution in [0.15, 0.2) is 18.2 Å².